The summed E-state index contributed by atoms with van der Waals surface area (Å²) in [5.41, 5.74) is 6.43. The molecule has 1 aromatic rings. The first-order valence-corrected chi connectivity index (χ1v) is 5.78. The fraction of sp³-hybridized carbons (Fsp3) is 0.636. The molecule has 0 bridgehead atoms. The van der Waals surface area contributed by atoms with Crippen molar-refractivity contribution in [3.8, 4) is 5.88 Å². The smallest absolute Gasteiger partial charge is 0.242 e. The number of anilines is 2. The quantitative estimate of drug-likeness (QED) is 0.766. The van der Waals surface area contributed by atoms with Crippen molar-refractivity contribution in [1.82, 2.24) is 9.97 Å². The molecule has 1 saturated carbocycles. The monoisotopic (exact) mass is 222 g/mol. The van der Waals surface area contributed by atoms with E-state index < -0.39 is 0 Å². The molecule has 0 atom stereocenters. The van der Waals surface area contributed by atoms with Crippen molar-refractivity contribution in [1.29, 1.82) is 0 Å². The van der Waals surface area contributed by atoms with E-state index in [2.05, 4.69) is 15.3 Å². The Kier molecular flexibility index (Phi) is 3.44. The standard InChI is InChI=1S/C11H18N4O/c1-2-5-16-11-9(12)10(14-7-15-11)13-6-8-3-4-8/h7-8H,2-6,12H2,1H3,(H,13,14,15). The predicted molar refractivity (Wildman–Crippen MR) is 63.4 cm³/mol. The molecule has 0 aliphatic heterocycles. The van der Waals surface area contributed by atoms with E-state index in [1.807, 2.05) is 6.92 Å². The Morgan fingerprint density at radius 3 is 3.00 bits per heavy atom. The molecule has 1 fully saturated rings. The van der Waals surface area contributed by atoms with Crippen molar-refractivity contribution in [2.45, 2.75) is 26.2 Å². The molecule has 1 aromatic heterocycles. The van der Waals surface area contributed by atoms with Gasteiger partial charge in [0, 0.05) is 6.54 Å². The van der Waals surface area contributed by atoms with E-state index in [-0.39, 0.29) is 0 Å². The second-order valence-electron chi connectivity index (χ2n) is 4.11. The van der Waals surface area contributed by atoms with Crippen LogP contribution in [0.5, 0.6) is 5.88 Å². The van der Waals surface area contributed by atoms with Gasteiger partial charge in [0.1, 0.15) is 12.0 Å². The number of ether oxygens (including phenoxy) is 1. The third kappa shape index (κ3) is 2.74. The molecule has 2 rings (SSSR count). The van der Waals surface area contributed by atoms with Crippen LogP contribution in [0.3, 0.4) is 0 Å². The second-order valence-corrected chi connectivity index (χ2v) is 4.11. The first-order chi connectivity index (χ1) is 7.81. The molecule has 1 heterocycles. The van der Waals surface area contributed by atoms with Crippen molar-refractivity contribution in [2.24, 2.45) is 5.92 Å². The fourth-order valence-corrected chi connectivity index (χ4v) is 1.40. The highest BCUT2D eigenvalue weighted by molar-refractivity contribution is 5.66. The molecule has 1 aliphatic carbocycles. The Hall–Kier alpha value is -1.52. The summed E-state index contributed by atoms with van der Waals surface area (Å²) in [6.07, 6.45) is 5.03. The largest absolute Gasteiger partial charge is 0.476 e. The Balaban J connectivity index is 1.99. The maximum atomic E-state index is 5.92. The minimum absolute atomic E-state index is 0.482. The van der Waals surface area contributed by atoms with E-state index in [1.165, 1.54) is 19.2 Å². The van der Waals surface area contributed by atoms with Crippen LogP contribution in [-0.4, -0.2) is 23.1 Å². The third-order valence-corrected chi connectivity index (χ3v) is 2.55. The summed E-state index contributed by atoms with van der Waals surface area (Å²) in [6, 6.07) is 0. The van der Waals surface area contributed by atoms with Crippen LogP contribution in [0.2, 0.25) is 0 Å². The van der Waals surface area contributed by atoms with E-state index in [9.17, 15) is 0 Å². The number of hydrogen-bond donors (Lipinski definition) is 2. The molecule has 88 valence electrons. The number of hydrogen-bond acceptors (Lipinski definition) is 5. The van der Waals surface area contributed by atoms with E-state index in [0.29, 0.717) is 24.0 Å². The number of aromatic nitrogens is 2. The zero-order valence-corrected chi connectivity index (χ0v) is 9.57. The van der Waals surface area contributed by atoms with Gasteiger partial charge in [-0.1, -0.05) is 6.92 Å². The highest BCUT2D eigenvalue weighted by Crippen LogP contribution is 2.30. The summed E-state index contributed by atoms with van der Waals surface area (Å²) < 4.78 is 5.43. The predicted octanol–water partition coefficient (Wildman–Crippen LogP) is 1.67. The number of nitrogens with one attached hydrogen (secondary N) is 1. The molecular formula is C11H18N4O. The van der Waals surface area contributed by atoms with Crippen LogP contribution in [0.15, 0.2) is 6.33 Å². The van der Waals surface area contributed by atoms with Gasteiger partial charge in [-0.2, -0.15) is 4.98 Å². The Labute approximate surface area is 95.4 Å². The van der Waals surface area contributed by atoms with Gasteiger partial charge in [-0.15, -0.1) is 0 Å². The van der Waals surface area contributed by atoms with Gasteiger partial charge in [-0.05, 0) is 25.2 Å². The van der Waals surface area contributed by atoms with Crippen molar-refractivity contribution in [2.75, 3.05) is 24.2 Å². The molecule has 5 heteroatoms. The van der Waals surface area contributed by atoms with Gasteiger partial charge < -0.3 is 15.8 Å². The summed E-state index contributed by atoms with van der Waals surface area (Å²) in [7, 11) is 0. The summed E-state index contributed by atoms with van der Waals surface area (Å²) in [5, 5.41) is 3.24. The molecule has 16 heavy (non-hydrogen) atoms. The van der Waals surface area contributed by atoms with E-state index in [4.69, 9.17) is 10.5 Å². The summed E-state index contributed by atoms with van der Waals surface area (Å²) in [6.45, 7) is 3.61. The lowest BCUT2D eigenvalue weighted by Gasteiger charge is -2.10. The molecule has 0 amide bonds. The lowest BCUT2D eigenvalue weighted by atomic mass is 10.4. The van der Waals surface area contributed by atoms with Crippen molar-refractivity contribution in [3.05, 3.63) is 6.33 Å². The van der Waals surface area contributed by atoms with Crippen LogP contribution < -0.4 is 15.8 Å². The van der Waals surface area contributed by atoms with Gasteiger partial charge in [0.2, 0.25) is 5.88 Å². The van der Waals surface area contributed by atoms with Gasteiger partial charge in [-0.25, -0.2) is 4.98 Å². The Morgan fingerprint density at radius 2 is 2.31 bits per heavy atom. The lowest BCUT2D eigenvalue weighted by Crippen LogP contribution is -2.10. The molecule has 3 N–H and O–H groups in total. The summed E-state index contributed by atoms with van der Waals surface area (Å²) in [5.74, 6) is 1.96. The normalized spacial score (nSPS) is 14.8. The zero-order valence-electron chi connectivity index (χ0n) is 9.57. The topological polar surface area (TPSA) is 73.1 Å². The molecule has 5 nitrogen and oxygen atoms in total. The molecule has 0 radical (unpaired) electrons. The average Bonchev–Trinajstić information content (AvgIpc) is 3.10. The molecular weight excluding hydrogens is 204 g/mol. The molecule has 0 saturated heterocycles. The van der Waals surface area contributed by atoms with Crippen molar-refractivity contribution >= 4 is 11.5 Å². The number of nitrogens with zero attached hydrogens (tertiary/aromatic N) is 2. The van der Waals surface area contributed by atoms with Gasteiger partial charge in [0.25, 0.3) is 0 Å². The summed E-state index contributed by atoms with van der Waals surface area (Å²) >= 11 is 0. The van der Waals surface area contributed by atoms with Crippen LogP contribution in [0.4, 0.5) is 11.5 Å². The maximum absolute atomic E-state index is 5.92. The van der Waals surface area contributed by atoms with Gasteiger partial charge in [0.15, 0.2) is 5.82 Å². The lowest BCUT2D eigenvalue weighted by molar-refractivity contribution is 0.306. The van der Waals surface area contributed by atoms with E-state index in [0.717, 1.165) is 18.9 Å². The van der Waals surface area contributed by atoms with Gasteiger partial charge in [0.05, 0.1) is 6.61 Å². The van der Waals surface area contributed by atoms with E-state index >= 15 is 0 Å². The Morgan fingerprint density at radius 1 is 1.50 bits per heavy atom. The highest BCUT2D eigenvalue weighted by atomic mass is 16.5. The first kappa shape index (κ1) is 11.0. The minimum Gasteiger partial charge on any atom is -0.476 e. The minimum atomic E-state index is 0.482. The number of nitrogen functional groups attached to an aromatic ring is 1. The van der Waals surface area contributed by atoms with Crippen LogP contribution >= 0.6 is 0 Å². The third-order valence-electron chi connectivity index (χ3n) is 2.55. The molecule has 0 unspecified atom stereocenters. The van der Waals surface area contributed by atoms with Gasteiger partial charge in [-0.3, -0.25) is 0 Å². The zero-order chi connectivity index (χ0) is 11.4. The fourth-order valence-electron chi connectivity index (χ4n) is 1.40. The second kappa shape index (κ2) is 5.01. The van der Waals surface area contributed by atoms with Crippen molar-refractivity contribution in [3.63, 3.8) is 0 Å². The Bertz CT molecular complexity index is 352. The molecule has 0 aromatic carbocycles. The highest BCUT2D eigenvalue weighted by Gasteiger charge is 2.21. The molecule has 0 spiro atoms. The SMILES string of the molecule is CCCOc1ncnc(NCC2CC2)c1N. The van der Waals surface area contributed by atoms with Crippen molar-refractivity contribution < 1.29 is 4.74 Å². The van der Waals surface area contributed by atoms with Crippen LogP contribution in [0.1, 0.15) is 26.2 Å². The van der Waals surface area contributed by atoms with E-state index in [1.54, 1.807) is 0 Å². The molecule has 1 aliphatic rings. The number of nitrogens with two attached hydrogens (primary N) is 1. The summed E-state index contributed by atoms with van der Waals surface area (Å²) in [4.78, 5) is 8.14. The first-order valence-electron chi connectivity index (χ1n) is 5.78. The number of rotatable bonds is 6. The van der Waals surface area contributed by atoms with Gasteiger partial charge >= 0.3 is 0 Å². The maximum Gasteiger partial charge on any atom is 0.242 e. The van der Waals surface area contributed by atoms with Crippen LogP contribution in [0, 0.1) is 5.92 Å². The average molecular weight is 222 g/mol. The van der Waals surface area contributed by atoms with Crippen LogP contribution in [0.25, 0.3) is 0 Å². The van der Waals surface area contributed by atoms with Crippen LogP contribution in [-0.2, 0) is 0 Å².